The van der Waals surface area contributed by atoms with E-state index in [9.17, 15) is 0 Å². The minimum Gasteiger partial charge on any atom is -0.381 e. The van der Waals surface area contributed by atoms with Gasteiger partial charge in [0, 0.05) is 44.1 Å². The highest BCUT2D eigenvalue weighted by Crippen LogP contribution is 2.30. The number of ether oxygens (including phenoxy) is 1. The molecule has 2 aliphatic rings. The van der Waals surface area contributed by atoms with Crippen LogP contribution in [0.4, 0.5) is 0 Å². The Hall–Kier alpha value is -0.490. The van der Waals surface area contributed by atoms with E-state index in [-0.39, 0.29) is 0 Å². The minimum absolute atomic E-state index is 0.419. The van der Waals surface area contributed by atoms with E-state index >= 15 is 0 Å². The molecule has 1 N–H and O–H groups in total. The van der Waals surface area contributed by atoms with Crippen LogP contribution < -0.4 is 5.32 Å². The highest BCUT2D eigenvalue weighted by molar-refractivity contribution is 7.09. The first-order chi connectivity index (χ1) is 8.83. The van der Waals surface area contributed by atoms with Crippen LogP contribution in [-0.4, -0.2) is 49.8 Å². The molecule has 2 aliphatic heterocycles. The van der Waals surface area contributed by atoms with Crippen LogP contribution in [0.2, 0.25) is 0 Å². The number of rotatable bonds is 2. The van der Waals surface area contributed by atoms with Gasteiger partial charge in [-0.05, 0) is 19.9 Å². The molecule has 0 spiro atoms. The summed E-state index contributed by atoms with van der Waals surface area (Å²) in [5.41, 5.74) is 1.29. The molecule has 1 aromatic rings. The van der Waals surface area contributed by atoms with Crippen LogP contribution in [0, 0.1) is 0 Å². The van der Waals surface area contributed by atoms with E-state index in [1.54, 1.807) is 0 Å². The molecule has 0 saturated carbocycles. The molecule has 0 bridgehead atoms. The van der Waals surface area contributed by atoms with Gasteiger partial charge in [-0.3, -0.25) is 0 Å². The average Bonchev–Trinajstić information content (AvgIpc) is 2.89. The maximum atomic E-state index is 5.41. The highest BCUT2D eigenvalue weighted by atomic mass is 32.1. The Balaban J connectivity index is 1.68. The van der Waals surface area contributed by atoms with E-state index in [1.807, 2.05) is 11.3 Å². The summed E-state index contributed by atoms with van der Waals surface area (Å²) in [6.45, 7) is 5.05. The number of nitrogens with one attached hydrogen (secondary N) is 1. The Kier molecular flexibility index (Phi) is 3.94. The third-order valence-electron chi connectivity index (χ3n) is 3.86. The van der Waals surface area contributed by atoms with Gasteiger partial charge >= 0.3 is 0 Å². The number of aromatic nitrogens is 1. The van der Waals surface area contributed by atoms with Crippen molar-refractivity contribution in [3.63, 3.8) is 0 Å². The minimum atomic E-state index is 0.419. The molecule has 1 atom stereocenters. The fourth-order valence-corrected chi connectivity index (χ4v) is 3.67. The van der Waals surface area contributed by atoms with Gasteiger partial charge < -0.3 is 15.0 Å². The lowest BCUT2D eigenvalue weighted by Crippen LogP contribution is -2.43. The Bertz CT molecular complexity index is 389. The molecule has 0 amide bonds. The van der Waals surface area contributed by atoms with E-state index in [2.05, 4.69) is 22.6 Å². The maximum Gasteiger partial charge on any atom is 0.111 e. The zero-order valence-corrected chi connectivity index (χ0v) is 11.7. The molecule has 2 fully saturated rings. The summed E-state index contributed by atoms with van der Waals surface area (Å²) in [7, 11) is 2.18. The second-order valence-electron chi connectivity index (χ2n) is 5.27. The Labute approximate surface area is 112 Å². The van der Waals surface area contributed by atoms with Crippen molar-refractivity contribution in [1.82, 2.24) is 15.2 Å². The number of nitrogens with zero attached hydrogens (tertiary/aromatic N) is 2. The van der Waals surface area contributed by atoms with E-state index in [0.717, 1.165) is 45.7 Å². The second kappa shape index (κ2) is 5.65. The molecule has 0 aliphatic carbocycles. The Morgan fingerprint density at radius 1 is 1.44 bits per heavy atom. The van der Waals surface area contributed by atoms with Gasteiger partial charge in [0.1, 0.15) is 5.01 Å². The summed E-state index contributed by atoms with van der Waals surface area (Å²) >= 11 is 1.81. The van der Waals surface area contributed by atoms with Crippen molar-refractivity contribution in [2.45, 2.75) is 24.8 Å². The largest absolute Gasteiger partial charge is 0.381 e. The molecule has 2 saturated heterocycles. The molecule has 1 unspecified atom stereocenters. The summed E-state index contributed by atoms with van der Waals surface area (Å²) in [5.74, 6) is 0.616. The van der Waals surface area contributed by atoms with E-state index in [4.69, 9.17) is 9.72 Å². The van der Waals surface area contributed by atoms with Crippen molar-refractivity contribution >= 4 is 11.3 Å². The van der Waals surface area contributed by atoms with Crippen LogP contribution in [0.25, 0.3) is 0 Å². The maximum absolute atomic E-state index is 5.41. The van der Waals surface area contributed by atoms with Crippen molar-refractivity contribution < 1.29 is 4.74 Å². The first kappa shape index (κ1) is 12.5. The molecular formula is C13H21N3OS. The van der Waals surface area contributed by atoms with Crippen molar-refractivity contribution in [3.05, 3.63) is 16.1 Å². The zero-order chi connectivity index (χ0) is 12.4. The number of likely N-dealkylation sites (N-methyl/N-ethyl adjacent to an activating group) is 1. The fourth-order valence-electron chi connectivity index (χ4n) is 2.70. The first-order valence-corrected chi connectivity index (χ1v) is 7.66. The lowest BCUT2D eigenvalue weighted by atomic mass is 9.97. The molecule has 4 nitrogen and oxygen atoms in total. The van der Waals surface area contributed by atoms with Crippen LogP contribution in [0.1, 0.15) is 35.5 Å². The zero-order valence-electron chi connectivity index (χ0n) is 10.9. The number of hydrogen-bond donors (Lipinski definition) is 1. The molecule has 3 rings (SSSR count). The predicted octanol–water partition coefficient (Wildman–Crippen LogP) is 1.61. The monoisotopic (exact) mass is 267 g/mol. The quantitative estimate of drug-likeness (QED) is 0.883. The fraction of sp³-hybridized carbons (Fsp3) is 0.769. The van der Waals surface area contributed by atoms with Crippen LogP contribution >= 0.6 is 11.3 Å². The van der Waals surface area contributed by atoms with Gasteiger partial charge in [0.15, 0.2) is 0 Å². The summed E-state index contributed by atoms with van der Waals surface area (Å²) in [6, 6.07) is 0.419. The normalized spacial score (nSPS) is 27.5. The van der Waals surface area contributed by atoms with Gasteiger partial charge in [0.25, 0.3) is 0 Å². The van der Waals surface area contributed by atoms with Gasteiger partial charge in [-0.15, -0.1) is 11.3 Å². The highest BCUT2D eigenvalue weighted by Gasteiger charge is 2.23. The number of piperazine rings is 1. The van der Waals surface area contributed by atoms with Crippen LogP contribution in [-0.2, 0) is 4.74 Å². The molecule has 18 heavy (non-hydrogen) atoms. The lowest BCUT2D eigenvalue weighted by Gasteiger charge is -2.29. The molecule has 1 aromatic heterocycles. The molecular weight excluding hydrogens is 246 g/mol. The average molecular weight is 267 g/mol. The molecule has 3 heterocycles. The van der Waals surface area contributed by atoms with E-state index < -0.39 is 0 Å². The van der Waals surface area contributed by atoms with Crippen LogP contribution in [0.3, 0.4) is 0 Å². The van der Waals surface area contributed by atoms with Crippen molar-refractivity contribution in [2.24, 2.45) is 0 Å². The molecule has 0 aromatic carbocycles. The third kappa shape index (κ3) is 2.74. The molecule has 100 valence electrons. The summed E-state index contributed by atoms with van der Waals surface area (Å²) in [5, 5.41) is 7.07. The van der Waals surface area contributed by atoms with Crippen molar-refractivity contribution in [3.8, 4) is 0 Å². The van der Waals surface area contributed by atoms with Gasteiger partial charge in [0.2, 0.25) is 0 Å². The van der Waals surface area contributed by atoms with Crippen molar-refractivity contribution in [2.75, 3.05) is 39.9 Å². The van der Waals surface area contributed by atoms with Crippen LogP contribution in [0.15, 0.2) is 5.38 Å². The smallest absolute Gasteiger partial charge is 0.111 e. The van der Waals surface area contributed by atoms with Gasteiger partial charge in [-0.2, -0.15) is 0 Å². The number of thiazole rings is 1. The summed E-state index contributed by atoms with van der Waals surface area (Å²) in [6.07, 6.45) is 2.25. The summed E-state index contributed by atoms with van der Waals surface area (Å²) < 4.78 is 5.41. The first-order valence-electron chi connectivity index (χ1n) is 6.78. The number of hydrogen-bond acceptors (Lipinski definition) is 5. The molecule has 0 radical (unpaired) electrons. The van der Waals surface area contributed by atoms with E-state index in [1.165, 1.54) is 10.7 Å². The van der Waals surface area contributed by atoms with Gasteiger partial charge in [0.05, 0.1) is 11.7 Å². The van der Waals surface area contributed by atoms with Crippen LogP contribution in [0.5, 0.6) is 0 Å². The van der Waals surface area contributed by atoms with E-state index in [0.29, 0.717) is 12.0 Å². The van der Waals surface area contributed by atoms with Gasteiger partial charge in [-0.25, -0.2) is 4.98 Å². The topological polar surface area (TPSA) is 37.4 Å². The SMILES string of the molecule is CN1CCNC(c2nc(C3CCOCC3)cs2)C1. The third-order valence-corrected chi connectivity index (χ3v) is 4.83. The Morgan fingerprint density at radius 3 is 3.06 bits per heavy atom. The van der Waals surface area contributed by atoms with Gasteiger partial charge in [-0.1, -0.05) is 0 Å². The molecule has 5 heteroatoms. The summed E-state index contributed by atoms with van der Waals surface area (Å²) in [4.78, 5) is 7.24. The Morgan fingerprint density at radius 2 is 2.28 bits per heavy atom. The second-order valence-corrected chi connectivity index (χ2v) is 6.16. The van der Waals surface area contributed by atoms with Crippen molar-refractivity contribution in [1.29, 1.82) is 0 Å². The standard InChI is InChI=1S/C13H21N3OS/c1-16-5-4-14-11(8-16)13-15-12(9-18-13)10-2-6-17-7-3-10/h9-11,14H,2-8H2,1H3. The predicted molar refractivity (Wildman–Crippen MR) is 73.1 cm³/mol. The lowest BCUT2D eigenvalue weighted by molar-refractivity contribution is 0.0845.